The zero-order valence-electron chi connectivity index (χ0n) is 13.5. The molecule has 0 spiro atoms. The van der Waals surface area contributed by atoms with Crippen molar-refractivity contribution in [2.75, 3.05) is 6.61 Å². The summed E-state index contributed by atoms with van der Waals surface area (Å²) < 4.78 is 5.51. The maximum Gasteiger partial charge on any atom is 0.204 e. The SMILES string of the molecule is CCCOc1ccc(SC2=CC(=O)c3c(O)ccc(O)c3C2=O)cc1. The Labute approximate surface area is 148 Å². The molecular formula is C19H16O5S. The number of benzene rings is 2. The molecule has 1 aliphatic rings. The number of rotatable bonds is 5. The maximum absolute atomic E-state index is 12.6. The van der Waals surface area contributed by atoms with Crippen LogP contribution in [0.5, 0.6) is 17.2 Å². The number of hydrogen-bond donors (Lipinski definition) is 2. The Morgan fingerprint density at radius 1 is 0.960 bits per heavy atom. The fourth-order valence-electron chi connectivity index (χ4n) is 2.47. The molecule has 2 aromatic carbocycles. The highest BCUT2D eigenvalue weighted by atomic mass is 32.2. The molecule has 0 aromatic heterocycles. The second kappa shape index (κ2) is 7.03. The van der Waals surface area contributed by atoms with Crippen molar-refractivity contribution in [2.24, 2.45) is 0 Å². The first-order valence-electron chi connectivity index (χ1n) is 7.77. The topological polar surface area (TPSA) is 83.8 Å². The molecule has 2 N–H and O–H groups in total. The number of phenolic OH excluding ortho intramolecular Hbond substituents is 2. The molecule has 1 aliphatic carbocycles. The van der Waals surface area contributed by atoms with E-state index in [1.165, 1.54) is 18.2 Å². The monoisotopic (exact) mass is 356 g/mol. The van der Waals surface area contributed by atoms with E-state index in [9.17, 15) is 19.8 Å². The first-order valence-corrected chi connectivity index (χ1v) is 8.59. The van der Waals surface area contributed by atoms with Gasteiger partial charge in [-0.05, 0) is 42.8 Å². The quantitative estimate of drug-likeness (QED) is 0.790. The average Bonchev–Trinajstić information content (AvgIpc) is 2.60. The Kier molecular flexibility index (Phi) is 4.81. The van der Waals surface area contributed by atoms with Gasteiger partial charge in [0.25, 0.3) is 0 Å². The van der Waals surface area contributed by atoms with Crippen molar-refractivity contribution in [3.63, 3.8) is 0 Å². The molecule has 0 radical (unpaired) electrons. The number of phenols is 2. The number of aromatic hydroxyl groups is 2. The third kappa shape index (κ3) is 3.39. The van der Waals surface area contributed by atoms with Gasteiger partial charge in [0.15, 0.2) is 5.78 Å². The number of carbonyl (C=O) groups is 2. The molecule has 0 saturated carbocycles. The van der Waals surface area contributed by atoms with Gasteiger partial charge in [-0.3, -0.25) is 9.59 Å². The molecule has 3 rings (SSSR count). The molecule has 128 valence electrons. The van der Waals surface area contributed by atoms with Crippen LogP contribution in [0.4, 0.5) is 0 Å². The van der Waals surface area contributed by atoms with Gasteiger partial charge in [0, 0.05) is 11.0 Å². The van der Waals surface area contributed by atoms with Crippen molar-refractivity contribution in [1.82, 2.24) is 0 Å². The van der Waals surface area contributed by atoms with Crippen LogP contribution in [0.2, 0.25) is 0 Å². The fourth-order valence-corrected chi connectivity index (χ4v) is 3.35. The Hall–Kier alpha value is -2.73. The second-order valence-corrected chi connectivity index (χ2v) is 6.59. The number of Topliss-reactive ketones (excluding diaryl/α,β-unsaturated/α-hetero) is 1. The lowest BCUT2D eigenvalue weighted by Crippen LogP contribution is -2.16. The summed E-state index contributed by atoms with van der Waals surface area (Å²) in [5.41, 5.74) is -0.310. The minimum atomic E-state index is -0.506. The Morgan fingerprint density at radius 2 is 1.60 bits per heavy atom. The summed E-state index contributed by atoms with van der Waals surface area (Å²) in [6.07, 6.45) is 2.10. The molecule has 6 heteroatoms. The summed E-state index contributed by atoms with van der Waals surface area (Å²) in [6, 6.07) is 9.58. The molecule has 0 fully saturated rings. The molecule has 0 amide bonds. The van der Waals surface area contributed by atoms with Crippen LogP contribution in [0.3, 0.4) is 0 Å². The van der Waals surface area contributed by atoms with Crippen molar-refractivity contribution in [1.29, 1.82) is 0 Å². The van der Waals surface area contributed by atoms with E-state index in [1.54, 1.807) is 24.3 Å². The third-order valence-electron chi connectivity index (χ3n) is 3.65. The fraction of sp³-hybridized carbons (Fsp3) is 0.158. The van der Waals surface area contributed by atoms with E-state index in [1.807, 2.05) is 6.92 Å². The van der Waals surface area contributed by atoms with Crippen molar-refractivity contribution < 1.29 is 24.5 Å². The summed E-state index contributed by atoms with van der Waals surface area (Å²) in [5.74, 6) is -0.892. The molecule has 0 unspecified atom stereocenters. The number of ketones is 2. The Balaban J connectivity index is 1.86. The zero-order valence-corrected chi connectivity index (χ0v) is 14.3. The lowest BCUT2D eigenvalue weighted by atomic mass is 9.93. The normalized spacial score (nSPS) is 13.4. The van der Waals surface area contributed by atoms with Crippen LogP contribution in [0.25, 0.3) is 0 Å². The van der Waals surface area contributed by atoms with Gasteiger partial charge >= 0.3 is 0 Å². The van der Waals surface area contributed by atoms with Crippen molar-refractivity contribution >= 4 is 23.3 Å². The lowest BCUT2D eigenvalue weighted by Gasteiger charge is -2.17. The Morgan fingerprint density at radius 3 is 2.24 bits per heavy atom. The van der Waals surface area contributed by atoms with Crippen LogP contribution >= 0.6 is 11.8 Å². The van der Waals surface area contributed by atoms with E-state index in [-0.39, 0.29) is 27.5 Å². The van der Waals surface area contributed by atoms with Crippen molar-refractivity contribution in [3.05, 3.63) is 58.5 Å². The molecule has 0 saturated heterocycles. The number of thioether (sulfide) groups is 1. The highest BCUT2D eigenvalue weighted by molar-refractivity contribution is 8.04. The molecular weight excluding hydrogens is 340 g/mol. The number of ether oxygens (including phenoxy) is 1. The van der Waals surface area contributed by atoms with Gasteiger partial charge in [-0.25, -0.2) is 0 Å². The van der Waals surface area contributed by atoms with Gasteiger partial charge in [-0.2, -0.15) is 0 Å². The number of fused-ring (bicyclic) bond motifs is 1. The standard InChI is InChI=1S/C19H16O5S/c1-2-9-24-11-3-5-12(6-4-11)25-16-10-15(22)17-13(20)7-8-14(21)18(17)19(16)23/h3-8,10,20-21H,2,9H2,1H3. The second-order valence-electron chi connectivity index (χ2n) is 5.48. The molecule has 0 heterocycles. The highest BCUT2D eigenvalue weighted by Crippen LogP contribution is 2.39. The maximum atomic E-state index is 12.6. The van der Waals surface area contributed by atoms with Crippen LogP contribution in [0, 0.1) is 0 Å². The minimum Gasteiger partial charge on any atom is -0.507 e. The number of allylic oxidation sites excluding steroid dienone is 2. The predicted molar refractivity (Wildman–Crippen MR) is 94.6 cm³/mol. The lowest BCUT2D eigenvalue weighted by molar-refractivity contribution is 0.0986. The van der Waals surface area contributed by atoms with Crippen molar-refractivity contribution in [2.45, 2.75) is 18.2 Å². The van der Waals surface area contributed by atoms with Gasteiger partial charge in [-0.15, -0.1) is 0 Å². The number of carbonyl (C=O) groups excluding carboxylic acids is 2. The molecule has 0 aliphatic heterocycles. The predicted octanol–water partition coefficient (Wildman–Crippen LogP) is 3.94. The van der Waals surface area contributed by atoms with Crippen LogP contribution in [-0.2, 0) is 0 Å². The van der Waals surface area contributed by atoms with Crippen molar-refractivity contribution in [3.8, 4) is 17.2 Å². The molecule has 2 aromatic rings. The summed E-state index contributed by atoms with van der Waals surface area (Å²) in [5, 5.41) is 19.7. The van der Waals surface area contributed by atoms with E-state index >= 15 is 0 Å². The van der Waals surface area contributed by atoms with Gasteiger partial charge in [0.2, 0.25) is 5.78 Å². The summed E-state index contributed by atoms with van der Waals surface area (Å²) >= 11 is 1.13. The summed E-state index contributed by atoms with van der Waals surface area (Å²) in [7, 11) is 0. The van der Waals surface area contributed by atoms with E-state index in [0.717, 1.165) is 28.8 Å². The minimum absolute atomic E-state index is 0.155. The van der Waals surface area contributed by atoms with E-state index < -0.39 is 11.6 Å². The van der Waals surface area contributed by atoms with Crippen LogP contribution < -0.4 is 4.74 Å². The van der Waals surface area contributed by atoms with Gasteiger partial charge < -0.3 is 14.9 Å². The molecule has 0 atom stereocenters. The first kappa shape index (κ1) is 17.1. The third-order valence-corrected chi connectivity index (χ3v) is 4.68. The summed E-state index contributed by atoms with van der Waals surface area (Å²) in [4.78, 5) is 25.8. The van der Waals surface area contributed by atoms with Gasteiger partial charge in [0.1, 0.15) is 17.2 Å². The first-order chi connectivity index (χ1) is 12.0. The largest absolute Gasteiger partial charge is 0.507 e. The highest BCUT2D eigenvalue weighted by Gasteiger charge is 2.31. The number of hydrogen-bond acceptors (Lipinski definition) is 6. The Bertz CT molecular complexity index is 868. The van der Waals surface area contributed by atoms with Crippen LogP contribution in [0.1, 0.15) is 34.1 Å². The van der Waals surface area contributed by atoms with Crippen LogP contribution in [0.15, 0.2) is 52.3 Å². The van der Waals surface area contributed by atoms with E-state index in [0.29, 0.717) is 6.61 Å². The average molecular weight is 356 g/mol. The van der Waals surface area contributed by atoms with E-state index in [2.05, 4.69) is 0 Å². The van der Waals surface area contributed by atoms with E-state index in [4.69, 9.17) is 4.74 Å². The molecule has 5 nitrogen and oxygen atoms in total. The smallest absolute Gasteiger partial charge is 0.204 e. The van der Waals surface area contributed by atoms with Gasteiger partial charge in [0.05, 0.1) is 22.6 Å². The molecule has 0 bridgehead atoms. The molecule has 25 heavy (non-hydrogen) atoms. The van der Waals surface area contributed by atoms with Crippen LogP contribution in [-0.4, -0.2) is 28.4 Å². The van der Waals surface area contributed by atoms with Gasteiger partial charge in [-0.1, -0.05) is 18.7 Å². The summed E-state index contributed by atoms with van der Waals surface area (Å²) in [6.45, 7) is 2.65. The zero-order chi connectivity index (χ0) is 18.0.